The van der Waals surface area contributed by atoms with Crippen LogP contribution in [0, 0.1) is 5.82 Å². The number of amides is 1. The van der Waals surface area contributed by atoms with E-state index < -0.39 is 37.5 Å². The molecule has 0 saturated carbocycles. The number of tetrazole rings is 1. The van der Waals surface area contributed by atoms with Gasteiger partial charge in [-0.2, -0.15) is 0 Å². The molecule has 1 aromatic carbocycles. The number of phosphoric acid groups is 1. The minimum atomic E-state index is -3.99. The molecule has 174 valence electrons. The van der Waals surface area contributed by atoms with E-state index in [1.165, 1.54) is 36.2 Å². The summed E-state index contributed by atoms with van der Waals surface area (Å²) in [7, 11) is -3.99. The molecule has 2 bridgehead atoms. The van der Waals surface area contributed by atoms with Gasteiger partial charge in [-0.25, -0.2) is 32.2 Å². The summed E-state index contributed by atoms with van der Waals surface area (Å²) < 4.78 is 48.2. The second-order valence-corrected chi connectivity index (χ2v) is 9.00. The zero-order valence-electron chi connectivity index (χ0n) is 17.2. The van der Waals surface area contributed by atoms with Crippen molar-refractivity contribution in [2.24, 2.45) is 0 Å². The van der Waals surface area contributed by atoms with Gasteiger partial charge >= 0.3 is 25.6 Å². The molecule has 0 aliphatic carbocycles. The summed E-state index contributed by atoms with van der Waals surface area (Å²) in [6.45, 7) is 4.79. The minimum Gasteiger partial charge on any atom is -0.405 e. The molecule has 2 aromatic heterocycles. The maximum atomic E-state index is 15.1. The Labute approximate surface area is 189 Å². The van der Waals surface area contributed by atoms with Crippen LogP contribution in [0.25, 0.3) is 28.8 Å². The van der Waals surface area contributed by atoms with Crippen LogP contribution < -0.4 is 4.90 Å². The molecule has 1 N–H and O–H groups in total. The van der Waals surface area contributed by atoms with Crippen LogP contribution in [0.2, 0.25) is 0 Å². The number of pyridine rings is 1. The van der Waals surface area contributed by atoms with Gasteiger partial charge in [-0.15, -0.1) is 15.0 Å². The molecule has 0 radical (unpaired) electrons. The Balaban J connectivity index is 1.32. The Bertz CT molecular complexity index is 1400. The van der Waals surface area contributed by atoms with Gasteiger partial charge in [0.1, 0.15) is 17.6 Å². The molecule has 0 unspecified atom stereocenters. The third-order valence-corrected chi connectivity index (χ3v) is 6.97. The van der Waals surface area contributed by atoms with Gasteiger partial charge in [-0.1, -0.05) is 12.6 Å². The van der Waals surface area contributed by atoms with Gasteiger partial charge in [0.05, 0.1) is 5.69 Å². The number of hydrogen-bond acceptors (Lipinski definition) is 11. The molecule has 4 aliphatic heterocycles. The largest absolute Gasteiger partial charge is 0.486 e. The van der Waals surface area contributed by atoms with E-state index in [0.29, 0.717) is 11.3 Å². The quantitative estimate of drug-likeness (QED) is 0.528. The highest BCUT2D eigenvalue weighted by Crippen LogP contribution is 2.81. The van der Waals surface area contributed by atoms with Crippen LogP contribution in [-0.4, -0.2) is 54.2 Å². The number of aliphatic hydroxyl groups excluding tert-OH is 1. The lowest BCUT2D eigenvalue weighted by atomic mass is 10.0. The highest BCUT2D eigenvalue weighted by atomic mass is 31.2. The average Bonchev–Trinajstić information content (AvgIpc) is 3.47. The smallest absolute Gasteiger partial charge is 0.405 e. The van der Waals surface area contributed by atoms with Crippen LogP contribution >= 0.6 is 7.82 Å². The van der Waals surface area contributed by atoms with Crippen LogP contribution in [0.5, 0.6) is 0 Å². The van der Waals surface area contributed by atoms with Crippen molar-refractivity contribution in [3.05, 3.63) is 48.9 Å². The van der Waals surface area contributed by atoms with Crippen molar-refractivity contribution >= 4 is 25.8 Å². The van der Waals surface area contributed by atoms with E-state index in [2.05, 4.69) is 27.0 Å². The maximum Gasteiger partial charge on any atom is 0.486 e. The molecule has 7 rings (SSSR count). The number of rotatable bonds is 5. The number of aromatic nitrogens is 5. The normalized spacial score (nSPS) is 30.0. The van der Waals surface area contributed by atoms with Crippen molar-refractivity contribution in [2.45, 2.75) is 24.7 Å². The van der Waals surface area contributed by atoms with Crippen molar-refractivity contribution in [3.63, 3.8) is 0 Å². The van der Waals surface area contributed by atoms with Gasteiger partial charge in [-0.3, -0.25) is 4.98 Å². The summed E-state index contributed by atoms with van der Waals surface area (Å²) in [5.41, 5.74) is 1.02. The number of aliphatic hydroxyl groups is 1. The van der Waals surface area contributed by atoms with E-state index in [1.54, 1.807) is 12.1 Å². The van der Waals surface area contributed by atoms with E-state index >= 15 is 4.39 Å². The molecule has 15 heteroatoms. The van der Waals surface area contributed by atoms with E-state index in [1.807, 2.05) is 0 Å². The van der Waals surface area contributed by atoms with Gasteiger partial charge in [0.25, 0.3) is 0 Å². The second-order valence-electron chi connectivity index (χ2n) is 7.56. The lowest BCUT2D eigenvalue weighted by Crippen LogP contribution is -2.63. The molecule has 4 saturated heterocycles. The molecule has 13 nitrogen and oxygen atoms in total. The molecule has 2 atom stereocenters. The van der Waals surface area contributed by atoms with Crippen LogP contribution in [0.15, 0.2) is 43.1 Å². The molecule has 4 fully saturated rings. The van der Waals surface area contributed by atoms with Gasteiger partial charge in [0.2, 0.25) is 5.82 Å². The molecule has 1 amide bonds. The maximum absolute atomic E-state index is 15.1. The highest BCUT2D eigenvalue weighted by Gasteiger charge is 2.90. The first-order valence-corrected chi connectivity index (χ1v) is 11.3. The van der Waals surface area contributed by atoms with Gasteiger partial charge < -0.3 is 9.84 Å². The molecular weight excluding hydrogens is 474 g/mol. The van der Waals surface area contributed by atoms with E-state index in [9.17, 15) is 14.5 Å². The number of phosphoric ester groups is 1. The number of nitrogens with zero attached hydrogens (tertiary/aromatic N) is 6. The van der Waals surface area contributed by atoms with Crippen LogP contribution in [0.3, 0.4) is 0 Å². The molecule has 34 heavy (non-hydrogen) atoms. The zero-order valence-corrected chi connectivity index (χ0v) is 18.1. The van der Waals surface area contributed by atoms with E-state index in [0.717, 1.165) is 11.0 Å². The first kappa shape index (κ1) is 21.0. The monoisotopic (exact) mass is 488 g/mol. The van der Waals surface area contributed by atoms with Crippen molar-refractivity contribution in [1.29, 1.82) is 0 Å². The highest BCUT2D eigenvalue weighted by molar-refractivity contribution is 7.50. The average molecular weight is 488 g/mol. The fourth-order valence-electron chi connectivity index (χ4n) is 3.98. The number of carbonyl (C=O) groups is 1. The molecule has 1 spiro atoms. The Hall–Kier alpha value is -3.55. The number of ether oxygens (including phenoxy) is 1. The summed E-state index contributed by atoms with van der Waals surface area (Å²) in [6.07, 6.45) is 0.308. The van der Waals surface area contributed by atoms with Crippen LogP contribution in [0.4, 0.5) is 14.9 Å². The third kappa shape index (κ3) is 2.62. The van der Waals surface area contributed by atoms with Crippen LogP contribution in [0.1, 0.15) is 6.92 Å². The van der Waals surface area contributed by atoms with E-state index in [4.69, 9.17) is 18.3 Å². The lowest BCUT2D eigenvalue weighted by molar-refractivity contribution is -0.278. The molecular formula is C19H14FN6O7P. The van der Waals surface area contributed by atoms with Gasteiger partial charge in [-0.05, 0) is 36.4 Å². The van der Waals surface area contributed by atoms with Crippen LogP contribution in [-0.2, 0) is 22.9 Å². The lowest BCUT2D eigenvalue weighted by Gasteiger charge is -2.39. The van der Waals surface area contributed by atoms with Crippen molar-refractivity contribution in [2.75, 3.05) is 4.90 Å². The summed E-state index contributed by atoms with van der Waals surface area (Å²) in [4.78, 5) is 18.8. The summed E-state index contributed by atoms with van der Waals surface area (Å²) in [5.74, 6) is -4.74. The predicted molar refractivity (Wildman–Crippen MR) is 110 cm³/mol. The summed E-state index contributed by atoms with van der Waals surface area (Å²) in [5, 5.41) is 21.8. The molecule has 4 aliphatic rings. The SMILES string of the molecule is C=Cn1nnc(-c2ccc(-c3ccc(N4C(=O)O[C@@]5([C@H](C)O)OP6(=O)OC45O6)cc3F)cn2)n1. The number of hydrogen-bond donors (Lipinski definition) is 1. The Morgan fingerprint density at radius 2 is 2.06 bits per heavy atom. The molecule has 6 heterocycles. The van der Waals surface area contributed by atoms with E-state index in [-0.39, 0.29) is 17.1 Å². The van der Waals surface area contributed by atoms with Crippen molar-refractivity contribution < 1.29 is 37.2 Å². The number of benzene rings is 1. The Morgan fingerprint density at radius 3 is 2.68 bits per heavy atom. The second kappa shape index (κ2) is 6.74. The predicted octanol–water partition coefficient (Wildman–Crippen LogP) is 2.51. The Kier molecular flexibility index (Phi) is 4.17. The first-order chi connectivity index (χ1) is 16.2. The molecule has 3 aromatic rings. The number of anilines is 1. The fourth-order valence-corrected chi connectivity index (χ4v) is 5.73. The van der Waals surface area contributed by atoms with Crippen molar-refractivity contribution in [3.8, 4) is 22.6 Å². The summed E-state index contributed by atoms with van der Waals surface area (Å²) >= 11 is 0. The fraction of sp³-hybridized carbons (Fsp3) is 0.211. The first-order valence-electron chi connectivity index (χ1n) is 9.82. The number of halogens is 1. The van der Waals surface area contributed by atoms with Crippen molar-refractivity contribution in [1.82, 2.24) is 25.2 Å². The standard InChI is InChI=1S/C19H14FN6O7P/c1-3-25-23-16(22-24-25)15-7-4-11(9-21-15)13-6-5-12(8-14(13)20)26-17(28)30-18(10(2)27)19(26)32-34(29,31-18)33-19/h3-10,27H,1H2,2H3/t10-,18-,19?,34?/m0/s1. The van der Waals surface area contributed by atoms with Gasteiger partial charge in [0.15, 0.2) is 0 Å². The zero-order chi connectivity index (χ0) is 23.9. The third-order valence-electron chi connectivity index (χ3n) is 5.53. The Morgan fingerprint density at radius 1 is 1.26 bits per heavy atom. The topological polar surface area (TPSA) is 151 Å². The summed E-state index contributed by atoms with van der Waals surface area (Å²) in [6, 6.07) is 7.09. The number of carbonyl (C=O) groups excluding carboxylic acids is 1. The van der Waals surface area contributed by atoms with Gasteiger partial charge in [0, 0.05) is 23.5 Å². The minimum absolute atomic E-state index is 0.0275.